The van der Waals surface area contributed by atoms with E-state index in [-0.39, 0.29) is 5.91 Å². The summed E-state index contributed by atoms with van der Waals surface area (Å²) in [6.07, 6.45) is 3.63. The summed E-state index contributed by atoms with van der Waals surface area (Å²) in [6, 6.07) is 12.0. The highest BCUT2D eigenvalue weighted by Gasteiger charge is 2.15. The highest BCUT2D eigenvalue weighted by Crippen LogP contribution is 2.20. The van der Waals surface area contributed by atoms with E-state index in [9.17, 15) is 4.79 Å². The molecule has 3 rings (SSSR count). The number of aryl methyl sites for hydroxylation is 2. The Hall–Kier alpha value is -2.54. The Balaban J connectivity index is 1.64. The first-order valence-corrected chi connectivity index (χ1v) is 10.1. The van der Waals surface area contributed by atoms with Crippen molar-refractivity contribution in [3.8, 4) is 0 Å². The first-order valence-electron chi connectivity index (χ1n) is 9.15. The third-order valence-electron chi connectivity index (χ3n) is 4.50. The zero-order chi connectivity index (χ0) is 19.2. The number of benzene rings is 1. The second kappa shape index (κ2) is 8.90. The molecule has 7 heteroatoms. The molecule has 0 saturated carbocycles. The fraction of sp³-hybridized carbons (Fsp3) is 0.350. The molecule has 142 valence electrons. The third-order valence-corrected chi connectivity index (χ3v) is 5.47. The van der Waals surface area contributed by atoms with E-state index >= 15 is 0 Å². The van der Waals surface area contributed by atoms with Crippen molar-refractivity contribution in [3.63, 3.8) is 0 Å². The standard InChI is InChI=1S/C20H25N5OS/c1-4-15-9-6-7-11-17(15)21-19(26)14-27-20-23-22-18(25(20)5-2)13-16-10-8-12-24(16)3/h6-12H,4-5,13-14H2,1-3H3,(H,21,26). The lowest BCUT2D eigenvalue weighted by atomic mass is 10.1. The molecule has 0 unspecified atom stereocenters. The van der Waals surface area contributed by atoms with Crippen molar-refractivity contribution in [1.29, 1.82) is 0 Å². The van der Waals surface area contributed by atoms with E-state index in [1.54, 1.807) is 0 Å². The van der Waals surface area contributed by atoms with Crippen molar-refractivity contribution >= 4 is 23.4 Å². The van der Waals surface area contributed by atoms with Gasteiger partial charge in [-0.15, -0.1) is 10.2 Å². The summed E-state index contributed by atoms with van der Waals surface area (Å²) < 4.78 is 4.16. The maximum atomic E-state index is 12.4. The molecule has 0 aliphatic heterocycles. The molecule has 1 aromatic carbocycles. The van der Waals surface area contributed by atoms with Crippen LogP contribution in [-0.2, 0) is 31.2 Å². The van der Waals surface area contributed by atoms with Crippen LogP contribution in [0.1, 0.15) is 30.9 Å². The number of rotatable bonds is 8. The average molecular weight is 384 g/mol. The van der Waals surface area contributed by atoms with E-state index < -0.39 is 0 Å². The van der Waals surface area contributed by atoms with Gasteiger partial charge in [0.25, 0.3) is 0 Å². The van der Waals surface area contributed by atoms with Crippen molar-refractivity contribution in [3.05, 3.63) is 59.7 Å². The second-order valence-electron chi connectivity index (χ2n) is 6.28. The van der Waals surface area contributed by atoms with Crippen molar-refractivity contribution in [2.24, 2.45) is 7.05 Å². The molecule has 6 nitrogen and oxygen atoms in total. The number of anilines is 1. The highest BCUT2D eigenvalue weighted by molar-refractivity contribution is 7.99. The molecule has 2 aromatic heterocycles. The second-order valence-corrected chi connectivity index (χ2v) is 7.22. The van der Waals surface area contributed by atoms with Crippen LogP contribution in [0.4, 0.5) is 5.69 Å². The smallest absolute Gasteiger partial charge is 0.234 e. The van der Waals surface area contributed by atoms with Crippen LogP contribution < -0.4 is 5.32 Å². The number of hydrogen-bond donors (Lipinski definition) is 1. The Labute approximate surface area is 164 Å². The lowest BCUT2D eigenvalue weighted by Gasteiger charge is -2.10. The number of aromatic nitrogens is 4. The predicted octanol–water partition coefficient (Wildman–Crippen LogP) is 3.52. The van der Waals surface area contributed by atoms with Gasteiger partial charge in [0.05, 0.1) is 5.75 Å². The van der Waals surface area contributed by atoms with Crippen LogP contribution in [0.25, 0.3) is 0 Å². The molecule has 2 heterocycles. The zero-order valence-electron chi connectivity index (χ0n) is 16.0. The summed E-state index contributed by atoms with van der Waals surface area (Å²) in [5.41, 5.74) is 3.20. The lowest BCUT2D eigenvalue weighted by Crippen LogP contribution is -2.16. The van der Waals surface area contributed by atoms with Gasteiger partial charge in [-0.1, -0.05) is 36.9 Å². The maximum absolute atomic E-state index is 12.4. The normalized spacial score (nSPS) is 10.9. The Bertz CT molecular complexity index is 915. The van der Waals surface area contributed by atoms with Crippen molar-refractivity contribution < 1.29 is 4.79 Å². The molecule has 0 atom stereocenters. The topological polar surface area (TPSA) is 64.7 Å². The van der Waals surface area contributed by atoms with Crippen LogP contribution in [0.2, 0.25) is 0 Å². The molecule has 3 aromatic rings. The van der Waals surface area contributed by atoms with E-state index in [4.69, 9.17) is 0 Å². The molecule has 0 fully saturated rings. The molecule has 0 bridgehead atoms. The number of amides is 1. The fourth-order valence-corrected chi connectivity index (χ4v) is 3.80. The molecule has 0 spiro atoms. The minimum Gasteiger partial charge on any atom is -0.354 e. The number of nitrogens with one attached hydrogen (secondary N) is 1. The molecule has 1 amide bonds. The van der Waals surface area contributed by atoms with Crippen molar-refractivity contribution in [2.75, 3.05) is 11.1 Å². The molecule has 0 aliphatic carbocycles. The summed E-state index contributed by atoms with van der Waals surface area (Å²) in [6.45, 7) is 4.92. The number of carbonyl (C=O) groups excluding carboxylic acids is 1. The number of para-hydroxylation sites is 1. The molecule has 0 aliphatic rings. The third kappa shape index (κ3) is 4.60. The highest BCUT2D eigenvalue weighted by atomic mass is 32.2. The summed E-state index contributed by atoms with van der Waals surface area (Å²) in [4.78, 5) is 12.4. The monoisotopic (exact) mass is 383 g/mol. The van der Waals surface area contributed by atoms with Crippen LogP contribution in [0.5, 0.6) is 0 Å². The average Bonchev–Trinajstić information content (AvgIpc) is 3.26. The van der Waals surface area contributed by atoms with E-state index in [0.29, 0.717) is 5.75 Å². The first kappa shape index (κ1) is 19.2. The quantitative estimate of drug-likeness (QED) is 0.605. The first-order chi connectivity index (χ1) is 13.1. The Kier molecular flexibility index (Phi) is 6.34. The van der Waals surface area contributed by atoms with Crippen molar-refractivity contribution in [2.45, 2.75) is 38.4 Å². The summed E-state index contributed by atoms with van der Waals surface area (Å²) in [7, 11) is 2.02. The number of hydrogen-bond acceptors (Lipinski definition) is 4. The predicted molar refractivity (Wildman–Crippen MR) is 109 cm³/mol. The van der Waals surface area contributed by atoms with Gasteiger partial charge in [-0.2, -0.15) is 0 Å². The Morgan fingerprint density at radius 2 is 1.96 bits per heavy atom. The van der Waals surface area contributed by atoms with Gasteiger partial charge in [0, 0.05) is 37.6 Å². The van der Waals surface area contributed by atoms with Gasteiger partial charge in [-0.05, 0) is 37.1 Å². The summed E-state index contributed by atoms with van der Waals surface area (Å²) in [5.74, 6) is 1.19. The molecular formula is C20H25N5OS. The molecule has 0 saturated heterocycles. The van der Waals surface area contributed by atoms with Crippen LogP contribution in [-0.4, -0.2) is 31.0 Å². The van der Waals surface area contributed by atoms with E-state index in [0.717, 1.165) is 41.6 Å². The van der Waals surface area contributed by atoms with Gasteiger partial charge in [-0.25, -0.2) is 0 Å². The summed E-state index contributed by atoms with van der Waals surface area (Å²) >= 11 is 1.42. The van der Waals surface area contributed by atoms with Crippen LogP contribution in [0.3, 0.4) is 0 Å². The molecule has 0 radical (unpaired) electrons. The number of carbonyl (C=O) groups is 1. The van der Waals surface area contributed by atoms with Crippen LogP contribution in [0.15, 0.2) is 47.8 Å². The fourth-order valence-electron chi connectivity index (χ4n) is 2.98. The SMILES string of the molecule is CCc1ccccc1NC(=O)CSc1nnc(Cc2cccn2C)n1CC. The largest absolute Gasteiger partial charge is 0.354 e. The Morgan fingerprint density at radius 1 is 1.15 bits per heavy atom. The van der Waals surface area contributed by atoms with E-state index in [1.807, 2.05) is 43.6 Å². The molecular weight excluding hydrogens is 358 g/mol. The van der Waals surface area contributed by atoms with Crippen LogP contribution >= 0.6 is 11.8 Å². The van der Waals surface area contributed by atoms with E-state index in [1.165, 1.54) is 17.5 Å². The lowest BCUT2D eigenvalue weighted by molar-refractivity contribution is -0.113. The van der Waals surface area contributed by atoms with Gasteiger partial charge in [0.1, 0.15) is 5.82 Å². The molecule has 27 heavy (non-hydrogen) atoms. The number of thioether (sulfide) groups is 1. The maximum Gasteiger partial charge on any atom is 0.234 e. The molecule has 1 N–H and O–H groups in total. The van der Waals surface area contributed by atoms with Gasteiger partial charge in [0.15, 0.2) is 5.16 Å². The summed E-state index contributed by atoms with van der Waals surface area (Å²) in [5, 5.41) is 12.4. The van der Waals surface area contributed by atoms with Crippen LogP contribution in [0, 0.1) is 0 Å². The van der Waals surface area contributed by atoms with Gasteiger partial charge in [-0.3, -0.25) is 4.79 Å². The van der Waals surface area contributed by atoms with Crippen molar-refractivity contribution in [1.82, 2.24) is 19.3 Å². The van der Waals surface area contributed by atoms with Gasteiger partial charge in [0.2, 0.25) is 5.91 Å². The number of nitrogens with zero attached hydrogens (tertiary/aromatic N) is 4. The Morgan fingerprint density at radius 3 is 2.67 bits per heavy atom. The minimum absolute atomic E-state index is 0.0319. The van der Waals surface area contributed by atoms with E-state index in [2.05, 4.69) is 44.6 Å². The van der Waals surface area contributed by atoms with Gasteiger partial charge >= 0.3 is 0 Å². The minimum atomic E-state index is -0.0319. The van der Waals surface area contributed by atoms with Gasteiger partial charge < -0.3 is 14.5 Å². The zero-order valence-corrected chi connectivity index (χ0v) is 16.8.